The number of rotatable bonds is 1. The van der Waals surface area contributed by atoms with E-state index in [0.29, 0.717) is 0 Å². The third kappa shape index (κ3) is 1.82. The number of hydrogen-bond acceptors (Lipinski definition) is 3. The molecule has 0 atom stereocenters. The lowest BCUT2D eigenvalue weighted by Gasteiger charge is -2.27. The van der Waals surface area contributed by atoms with Crippen LogP contribution in [0.3, 0.4) is 0 Å². The van der Waals surface area contributed by atoms with E-state index >= 15 is 0 Å². The highest BCUT2D eigenvalue weighted by Gasteiger charge is 2.47. The summed E-state index contributed by atoms with van der Waals surface area (Å²) in [5.74, 6) is 0.766. The van der Waals surface area contributed by atoms with Gasteiger partial charge in [-0.2, -0.15) is 0 Å². The van der Waals surface area contributed by atoms with Gasteiger partial charge in [0.1, 0.15) is 5.60 Å². The quantitative estimate of drug-likeness (QED) is 0.656. The molecule has 2 fully saturated rings. The second kappa shape index (κ2) is 3.38. The Morgan fingerprint density at radius 3 is 2.57 bits per heavy atom. The predicted molar refractivity (Wildman–Crippen MR) is 54.1 cm³/mol. The molecule has 78 valence electrons. The first kappa shape index (κ1) is 9.71. The molecule has 0 radical (unpaired) electrons. The van der Waals surface area contributed by atoms with Crippen LogP contribution >= 0.6 is 12.2 Å². The van der Waals surface area contributed by atoms with E-state index in [1.165, 1.54) is 12.8 Å². The highest BCUT2D eigenvalue weighted by atomic mass is 32.1. The van der Waals surface area contributed by atoms with Gasteiger partial charge in [0, 0.05) is 0 Å². The highest BCUT2D eigenvalue weighted by Crippen LogP contribution is 2.49. The van der Waals surface area contributed by atoms with Gasteiger partial charge in [-0.1, -0.05) is 0 Å². The van der Waals surface area contributed by atoms with Crippen LogP contribution in [0.1, 0.15) is 32.1 Å². The van der Waals surface area contributed by atoms with Gasteiger partial charge in [-0.15, -0.1) is 0 Å². The van der Waals surface area contributed by atoms with Crippen molar-refractivity contribution < 1.29 is 14.6 Å². The Labute approximate surface area is 87.6 Å². The van der Waals surface area contributed by atoms with E-state index in [1.807, 2.05) is 0 Å². The molecule has 14 heavy (non-hydrogen) atoms. The molecule has 0 aromatic heterocycles. The van der Waals surface area contributed by atoms with Gasteiger partial charge < -0.3 is 9.84 Å². The lowest BCUT2D eigenvalue weighted by atomic mass is 9.97. The zero-order valence-corrected chi connectivity index (χ0v) is 8.60. The zero-order valence-electron chi connectivity index (χ0n) is 7.78. The number of ether oxygens (including phenoxy) is 1. The van der Waals surface area contributed by atoms with Gasteiger partial charge in [0.15, 0.2) is 0 Å². The van der Waals surface area contributed by atoms with E-state index in [4.69, 9.17) is 22.1 Å². The van der Waals surface area contributed by atoms with Gasteiger partial charge in [0.25, 0.3) is 5.17 Å². The first-order chi connectivity index (χ1) is 6.60. The van der Waals surface area contributed by atoms with Crippen molar-refractivity contribution in [1.29, 1.82) is 0 Å². The zero-order chi connectivity index (χ0) is 10.2. The highest BCUT2D eigenvalue weighted by molar-refractivity contribution is 7.80. The van der Waals surface area contributed by atoms with Crippen molar-refractivity contribution in [3.63, 3.8) is 0 Å². The van der Waals surface area contributed by atoms with Crippen molar-refractivity contribution in [2.75, 3.05) is 0 Å². The van der Waals surface area contributed by atoms with Crippen molar-refractivity contribution in [2.45, 2.75) is 37.7 Å². The average molecular weight is 215 g/mol. The van der Waals surface area contributed by atoms with Crippen LogP contribution in [-0.4, -0.2) is 22.0 Å². The molecule has 2 aliphatic rings. The summed E-state index contributed by atoms with van der Waals surface area (Å²) >= 11 is 4.81. The largest absolute Gasteiger partial charge is 0.465 e. The van der Waals surface area contributed by atoms with Crippen LogP contribution in [0, 0.1) is 5.92 Å². The second-order valence-electron chi connectivity index (χ2n) is 4.15. The SMILES string of the molecule is O=C(O)NC(=S)OC12CCC(CC1)C2. The fourth-order valence-corrected chi connectivity index (χ4v) is 2.86. The summed E-state index contributed by atoms with van der Waals surface area (Å²) in [7, 11) is 0. The van der Waals surface area contributed by atoms with Crippen LogP contribution in [0.5, 0.6) is 0 Å². The van der Waals surface area contributed by atoms with Gasteiger partial charge in [-0.05, 0) is 50.2 Å². The normalized spacial score (nSPS) is 34.1. The van der Waals surface area contributed by atoms with Crippen LogP contribution in [0.2, 0.25) is 0 Å². The molecule has 2 saturated carbocycles. The number of carbonyl (C=O) groups is 1. The number of fused-ring (bicyclic) bond motifs is 2. The molecule has 0 aromatic rings. The number of carboxylic acid groups (broad SMARTS) is 1. The molecule has 0 saturated heterocycles. The average Bonchev–Trinajstić information content (AvgIpc) is 2.60. The molecule has 0 heterocycles. The summed E-state index contributed by atoms with van der Waals surface area (Å²) in [5.41, 5.74) is -0.149. The van der Waals surface area contributed by atoms with E-state index in [2.05, 4.69) is 5.32 Å². The minimum absolute atomic E-state index is 0.0000463. The van der Waals surface area contributed by atoms with Crippen molar-refractivity contribution >= 4 is 23.5 Å². The van der Waals surface area contributed by atoms with Gasteiger partial charge in [0.05, 0.1) is 0 Å². The summed E-state index contributed by atoms with van der Waals surface area (Å²) < 4.78 is 5.54. The molecular formula is C9H13NO3S. The fourth-order valence-electron chi connectivity index (χ4n) is 2.59. The predicted octanol–water partition coefficient (Wildman–Crippen LogP) is 1.89. The summed E-state index contributed by atoms with van der Waals surface area (Å²) in [6.45, 7) is 0. The maximum atomic E-state index is 10.3. The Hall–Kier alpha value is -0.840. The monoisotopic (exact) mass is 215 g/mol. The topological polar surface area (TPSA) is 58.6 Å². The number of thiocarbonyl (C=S) groups is 1. The molecule has 0 aliphatic heterocycles. The summed E-state index contributed by atoms with van der Waals surface area (Å²) in [4.78, 5) is 10.3. The van der Waals surface area contributed by atoms with Crippen LogP contribution in [0.25, 0.3) is 0 Å². The van der Waals surface area contributed by atoms with Crippen LogP contribution in [-0.2, 0) is 4.74 Å². The second-order valence-corrected chi connectivity index (χ2v) is 4.52. The third-order valence-electron chi connectivity index (χ3n) is 3.20. The standard InChI is InChI=1S/C9H13NO3S/c11-7(12)10-8(14)13-9-3-1-6(5-9)2-4-9/h6H,1-5H2,(H,10,14)(H,11,12). The van der Waals surface area contributed by atoms with Crippen LogP contribution in [0.15, 0.2) is 0 Å². The molecule has 2 N–H and O–H groups in total. The maximum absolute atomic E-state index is 10.3. The molecule has 2 aliphatic carbocycles. The molecule has 2 rings (SSSR count). The van der Waals surface area contributed by atoms with E-state index < -0.39 is 6.09 Å². The van der Waals surface area contributed by atoms with E-state index in [0.717, 1.165) is 25.2 Å². The Kier molecular flexibility index (Phi) is 2.34. The molecule has 2 bridgehead atoms. The summed E-state index contributed by atoms with van der Waals surface area (Å²) in [5, 5.41) is 10.5. The molecule has 5 heteroatoms. The first-order valence-corrected chi connectivity index (χ1v) is 5.23. The summed E-state index contributed by atoms with van der Waals surface area (Å²) in [6, 6.07) is 0. The molecular weight excluding hydrogens is 202 g/mol. The van der Waals surface area contributed by atoms with E-state index in [-0.39, 0.29) is 10.8 Å². The van der Waals surface area contributed by atoms with Gasteiger partial charge in [-0.25, -0.2) is 4.79 Å². The molecule has 4 nitrogen and oxygen atoms in total. The van der Waals surface area contributed by atoms with Crippen LogP contribution in [0.4, 0.5) is 4.79 Å². The van der Waals surface area contributed by atoms with Gasteiger partial charge >= 0.3 is 6.09 Å². The maximum Gasteiger partial charge on any atom is 0.412 e. The number of hydrogen-bond donors (Lipinski definition) is 2. The minimum atomic E-state index is -1.15. The van der Waals surface area contributed by atoms with Crippen molar-refractivity contribution in [1.82, 2.24) is 5.32 Å². The molecule has 1 amide bonds. The number of amides is 1. The first-order valence-electron chi connectivity index (χ1n) is 4.83. The van der Waals surface area contributed by atoms with Crippen molar-refractivity contribution in [2.24, 2.45) is 5.92 Å². The smallest absolute Gasteiger partial charge is 0.412 e. The molecule has 0 unspecified atom stereocenters. The van der Waals surface area contributed by atoms with E-state index in [9.17, 15) is 4.79 Å². The number of nitrogens with one attached hydrogen (secondary N) is 1. The third-order valence-corrected chi connectivity index (χ3v) is 3.38. The Bertz CT molecular complexity index is 271. The van der Waals surface area contributed by atoms with Crippen molar-refractivity contribution in [3.8, 4) is 0 Å². The minimum Gasteiger partial charge on any atom is -0.465 e. The van der Waals surface area contributed by atoms with E-state index in [1.54, 1.807) is 0 Å². The Balaban J connectivity index is 1.90. The lowest BCUT2D eigenvalue weighted by molar-refractivity contribution is 0.0654. The lowest BCUT2D eigenvalue weighted by Crippen LogP contribution is -2.37. The molecule has 0 spiro atoms. The fraction of sp³-hybridized carbons (Fsp3) is 0.778. The Morgan fingerprint density at radius 2 is 2.14 bits per heavy atom. The molecule has 0 aromatic carbocycles. The van der Waals surface area contributed by atoms with Gasteiger partial charge in [-0.3, -0.25) is 5.32 Å². The van der Waals surface area contributed by atoms with Crippen molar-refractivity contribution in [3.05, 3.63) is 0 Å². The van der Waals surface area contributed by atoms with Crippen LogP contribution < -0.4 is 5.32 Å². The van der Waals surface area contributed by atoms with Gasteiger partial charge in [0.2, 0.25) is 0 Å². The Morgan fingerprint density at radius 1 is 1.50 bits per heavy atom. The summed E-state index contributed by atoms with van der Waals surface area (Å²) in [6.07, 6.45) is 4.29.